The zero-order chi connectivity index (χ0) is 20.6. The molecule has 0 fully saturated rings. The third-order valence-corrected chi connectivity index (χ3v) is 3.82. The van der Waals surface area contributed by atoms with E-state index < -0.39 is 29.4 Å². The Balaban J connectivity index is 2.51. The first-order chi connectivity index (χ1) is 12.3. The molecular formula is C19H24ClNO6. The molecule has 1 aliphatic heterocycles. The van der Waals surface area contributed by atoms with Crippen LogP contribution in [0.1, 0.15) is 63.5 Å². The highest BCUT2D eigenvalue weighted by atomic mass is 35.5. The van der Waals surface area contributed by atoms with Crippen molar-refractivity contribution in [3.63, 3.8) is 0 Å². The minimum absolute atomic E-state index is 0.0572. The Hall–Kier alpha value is -2.28. The molecule has 1 atom stereocenters. The Labute approximate surface area is 163 Å². The number of ether oxygens (including phenoxy) is 3. The number of benzene rings is 1. The molecule has 1 aromatic carbocycles. The number of amides is 2. The van der Waals surface area contributed by atoms with Crippen molar-refractivity contribution in [3.05, 3.63) is 28.3 Å². The minimum atomic E-state index is -0.899. The summed E-state index contributed by atoms with van der Waals surface area (Å²) < 4.78 is 16.3. The van der Waals surface area contributed by atoms with E-state index in [4.69, 9.17) is 25.8 Å². The molecule has 1 unspecified atom stereocenters. The molecule has 0 bridgehead atoms. The first-order valence-electron chi connectivity index (χ1n) is 8.49. The molecule has 0 spiro atoms. The quantitative estimate of drug-likeness (QED) is 0.669. The van der Waals surface area contributed by atoms with Gasteiger partial charge in [0.25, 0.3) is 0 Å². The Kier molecular flexibility index (Phi) is 5.75. The molecule has 8 heteroatoms. The van der Waals surface area contributed by atoms with E-state index in [-0.39, 0.29) is 22.9 Å². The summed E-state index contributed by atoms with van der Waals surface area (Å²) in [6.45, 7) is 10.1. The zero-order valence-electron chi connectivity index (χ0n) is 16.3. The van der Waals surface area contributed by atoms with E-state index in [0.29, 0.717) is 11.8 Å². The Morgan fingerprint density at radius 1 is 1.11 bits per heavy atom. The van der Waals surface area contributed by atoms with Crippen molar-refractivity contribution in [2.45, 2.75) is 58.8 Å². The molecule has 7 nitrogen and oxygen atoms in total. The van der Waals surface area contributed by atoms with Gasteiger partial charge in [-0.15, -0.1) is 0 Å². The van der Waals surface area contributed by atoms with Crippen LogP contribution in [0.15, 0.2) is 12.1 Å². The van der Waals surface area contributed by atoms with Gasteiger partial charge in [0.15, 0.2) is 6.29 Å². The predicted octanol–water partition coefficient (Wildman–Crippen LogP) is 4.76. The van der Waals surface area contributed by atoms with Gasteiger partial charge < -0.3 is 14.2 Å². The normalized spacial score (nSPS) is 16.2. The number of fused-ring (bicyclic) bond motifs is 1. The topological polar surface area (TPSA) is 82.1 Å². The second-order valence-electron chi connectivity index (χ2n) is 8.15. The molecule has 2 amide bonds. The number of halogens is 1. The molecule has 0 aliphatic carbocycles. The van der Waals surface area contributed by atoms with Gasteiger partial charge in [-0.3, -0.25) is 4.79 Å². The van der Waals surface area contributed by atoms with Gasteiger partial charge in [-0.2, -0.15) is 0 Å². The van der Waals surface area contributed by atoms with Crippen molar-refractivity contribution in [2.24, 2.45) is 0 Å². The van der Waals surface area contributed by atoms with E-state index in [0.717, 1.165) is 4.90 Å². The number of rotatable bonds is 2. The summed E-state index contributed by atoms with van der Waals surface area (Å²) in [5.74, 6) is 0.267. The van der Waals surface area contributed by atoms with Gasteiger partial charge >= 0.3 is 12.2 Å². The number of imide groups is 1. The fourth-order valence-electron chi connectivity index (χ4n) is 2.58. The van der Waals surface area contributed by atoms with Crippen molar-refractivity contribution >= 4 is 30.1 Å². The lowest BCUT2D eigenvalue weighted by Crippen LogP contribution is -2.46. The highest BCUT2D eigenvalue weighted by Gasteiger charge is 2.43. The van der Waals surface area contributed by atoms with Crippen molar-refractivity contribution < 1.29 is 28.6 Å². The van der Waals surface area contributed by atoms with Crippen LogP contribution >= 0.6 is 11.6 Å². The van der Waals surface area contributed by atoms with E-state index in [9.17, 15) is 14.4 Å². The standard InChI is InChI=1S/C19H24ClNO6/c1-18(2,3)26-16(23)21(17(24)27-19(4,5)6)13-10-25-15-12(20)8-7-11(9-22)14(13)15/h7-9,13H,10H2,1-6H3. The lowest BCUT2D eigenvalue weighted by molar-refractivity contribution is -0.00937. The van der Waals surface area contributed by atoms with Crippen molar-refractivity contribution in [3.8, 4) is 5.75 Å². The monoisotopic (exact) mass is 397 g/mol. The number of hydrogen-bond donors (Lipinski definition) is 0. The number of carbonyl (C=O) groups excluding carboxylic acids is 3. The summed E-state index contributed by atoms with van der Waals surface area (Å²) in [6.07, 6.45) is -1.16. The first kappa shape index (κ1) is 21.0. The number of aldehydes is 1. The Morgan fingerprint density at radius 2 is 1.63 bits per heavy atom. The smallest absolute Gasteiger partial charge is 0.420 e. The number of nitrogens with zero attached hydrogens (tertiary/aromatic N) is 1. The third-order valence-electron chi connectivity index (χ3n) is 3.52. The maximum absolute atomic E-state index is 12.8. The molecule has 0 N–H and O–H groups in total. The molecule has 27 heavy (non-hydrogen) atoms. The van der Waals surface area contributed by atoms with Gasteiger partial charge in [0.1, 0.15) is 29.6 Å². The van der Waals surface area contributed by atoms with Crippen LogP contribution in [0, 0.1) is 0 Å². The Morgan fingerprint density at radius 3 is 2.07 bits per heavy atom. The minimum Gasteiger partial charge on any atom is -0.489 e. The summed E-state index contributed by atoms with van der Waals surface area (Å²) in [5, 5.41) is 0.284. The van der Waals surface area contributed by atoms with Crippen LogP contribution in [0.4, 0.5) is 9.59 Å². The van der Waals surface area contributed by atoms with Gasteiger partial charge in [-0.25, -0.2) is 14.5 Å². The first-order valence-corrected chi connectivity index (χ1v) is 8.87. The van der Waals surface area contributed by atoms with Crippen molar-refractivity contribution in [1.82, 2.24) is 4.90 Å². The van der Waals surface area contributed by atoms with Gasteiger partial charge in [0, 0.05) is 11.1 Å². The summed E-state index contributed by atoms with van der Waals surface area (Å²) >= 11 is 6.15. The second-order valence-corrected chi connectivity index (χ2v) is 8.56. The fourth-order valence-corrected chi connectivity index (χ4v) is 2.80. The van der Waals surface area contributed by atoms with Crippen LogP contribution in [-0.2, 0) is 9.47 Å². The molecule has 1 aromatic rings. The van der Waals surface area contributed by atoms with Crippen LogP contribution in [0.3, 0.4) is 0 Å². The van der Waals surface area contributed by atoms with Gasteiger partial charge in [-0.05, 0) is 53.7 Å². The van der Waals surface area contributed by atoms with Crippen LogP contribution in [-0.4, -0.2) is 41.2 Å². The maximum Gasteiger partial charge on any atom is 0.420 e. The number of hydrogen-bond acceptors (Lipinski definition) is 6. The molecule has 0 aromatic heterocycles. The second kappa shape index (κ2) is 7.38. The maximum atomic E-state index is 12.8. The van der Waals surface area contributed by atoms with E-state index in [1.54, 1.807) is 41.5 Å². The van der Waals surface area contributed by atoms with Crippen LogP contribution in [0.25, 0.3) is 0 Å². The third kappa shape index (κ3) is 4.91. The molecule has 2 rings (SSSR count). The van der Waals surface area contributed by atoms with E-state index in [1.165, 1.54) is 12.1 Å². The van der Waals surface area contributed by atoms with E-state index in [1.807, 2.05) is 0 Å². The molecule has 0 saturated heterocycles. The van der Waals surface area contributed by atoms with E-state index in [2.05, 4.69) is 0 Å². The molecule has 1 aliphatic rings. The van der Waals surface area contributed by atoms with Gasteiger partial charge in [0.05, 0.1) is 5.02 Å². The lowest BCUT2D eigenvalue weighted by atomic mass is 10.0. The summed E-state index contributed by atoms with van der Waals surface area (Å²) in [7, 11) is 0. The fraction of sp³-hybridized carbons (Fsp3) is 0.526. The SMILES string of the molecule is CC(C)(C)OC(=O)N(C(=O)OC(C)(C)C)C1COc2c(Cl)ccc(C=O)c21. The Bertz CT molecular complexity index is 735. The van der Waals surface area contributed by atoms with Crippen molar-refractivity contribution in [1.29, 1.82) is 0 Å². The lowest BCUT2D eigenvalue weighted by Gasteiger charge is -2.31. The highest BCUT2D eigenvalue weighted by Crippen LogP contribution is 2.43. The largest absolute Gasteiger partial charge is 0.489 e. The van der Waals surface area contributed by atoms with Crippen LogP contribution in [0.5, 0.6) is 5.75 Å². The average molecular weight is 398 g/mol. The van der Waals surface area contributed by atoms with Gasteiger partial charge in [0.2, 0.25) is 0 Å². The molecule has 148 valence electrons. The van der Waals surface area contributed by atoms with Crippen LogP contribution in [0.2, 0.25) is 5.02 Å². The van der Waals surface area contributed by atoms with E-state index >= 15 is 0 Å². The predicted molar refractivity (Wildman–Crippen MR) is 99.4 cm³/mol. The molecular weight excluding hydrogens is 374 g/mol. The summed E-state index contributed by atoms with van der Waals surface area (Å²) in [4.78, 5) is 37.9. The molecule has 0 saturated carbocycles. The number of carbonyl (C=O) groups is 3. The average Bonchev–Trinajstić information content (AvgIpc) is 2.90. The van der Waals surface area contributed by atoms with Gasteiger partial charge in [-0.1, -0.05) is 11.6 Å². The molecule has 1 heterocycles. The summed E-state index contributed by atoms with van der Waals surface area (Å²) in [5.41, 5.74) is -1.04. The summed E-state index contributed by atoms with van der Waals surface area (Å²) in [6, 6.07) is 2.14. The zero-order valence-corrected chi connectivity index (χ0v) is 17.0. The van der Waals surface area contributed by atoms with Crippen molar-refractivity contribution in [2.75, 3.05) is 6.61 Å². The highest BCUT2D eigenvalue weighted by molar-refractivity contribution is 6.32. The molecule has 0 radical (unpaired) electrons. The van der Waals surface area contributed by atoms with Crippen LogP contribution < -0.4 is 4.74 Å².